The molecule has 0 saturated heterocycles. The lowest BCUT2D eigenvalue weighted by atomic mass is 10.1. The molecule has 0 aromatic carbocycles. The fourth-order valence-corrected chi connectivity index (χ4v) is 2.57. The fraction of sp³-hybridized carbons (Fsp3) is 1.00. The summed E-state index contributed by atoms with van der Waals surface area (Å²) in [5, 5.41) is 3.68. The normalized spacial score (nSPS) is 39.0. The van der Waals surface area contributed by atoms with Gasteiger partial charge in [-0.15, -0.1) is 11.6 Å². The molecule has 2 heteroatoms. The summed E-state index contributed by atoms with van der Waals surface area (Å²) in [6.45, 7) is 4.59. The number of hydrogen-bond donors (Lipinski definition) is 1. The van der Waals surface area contributed by atoms with Gasteiger partial charge in [-0.1, -0.05) is 6.92 Å². The minimum absolute atomic E-state index is 0.117. The maximum atomic E-state index is 6.35. The summed E-state index contributed by atoms with van der Waals surface area (Å²) in [6, 6.07) is 1.24. The zero-order valence-corrected chi connectivity index (χ0v) is 9.40. The van der Waals surface area contributed by atoms with Crippen molar-refractivity contribution in [3.63, 3.8) is 0 Å². The maximum absolute atomic E-state index is 6.35. The third-order valence-corrected chi connectivity index (χ3v) is 4.39. The topological polar surface area (TPSA) is 12.0 Å². The third-order valence-electron chi connectivity index (χ3n) is 3.68. The van der Waals surface area contributed by atoms with Crippen LogP contribution in [0.3, 0.4) is 0 Å². The number of hydrogen-bond acceptors (Lipinski definition) is 1. The summed E-state index contributed by atoms with van der Waals surface area (Å²) in [5.41, 5.74) is 0. The van der Waals surface area contributed by atoms with Crippen LogP contribution in [-0.2, 0) is 0 Å². The molecule has 0 amide bonds. The third kappa shape index (κ3) is 2.19. The predicted molar refractivity (Wildman–Crippen MR) is 57.2 cm³/mol. The SMILES string of the molecule is CC1CCC(NC(C)C2(Cl)CC2)C1. The summed E-state index contributed by atoms with van der Waals surface area (Å²) in [5.74, 6) is 0.912. The number of nitrogens with one attached hydrogen (secondary N) is 1. The van der Waals surface area contributed by atoms with E-state index in [-0.39, 0.29) is 4.87 Å². The Balaban J connectivity index is 1.78. The zero-order chi connectivity index (χ0) is 9.47. The van der Waals surface area contributed by atoms with E-state index >= 15 is 0 Å². The van der Waals surface area contributed by atoms with E-state index in [1.54, 1.807) is 0 Å². The van der Waals surface area contributed by atoms with Gasteiger partial charge < -0.3 is 5.32 Å². The average Bonchev–Trinajstić information content (AvgIpc) is 2.69. The Labute approximate surface area is 86.2 Å². The number of rotatable bonds is 3. The van der Waals surface area contributed by atoms with Gasteiger partial charge in [0.15, 0.2) is 0 Å². The zero-order valence-electron chi connectivity index (χ0n) is 8.65. The summed E-state index contributed by atoms with van der Waals surface area (Å²) < 4.78 is 0. The highest BCUT2D eigenvalue weighted by Gasteiger charge is 2.46. The molecule has 0 aromatic heterocycles. The summed E-state index contributed by atoms with van der Waals surface area (Å²) in [7, 11) is 0. The van der Waals surface area contributed by atoms with E-state index in [1.165, 1.54) is 32.1 Å². The van der Waals surface area contributed by atoms with Crippen molar-refractivity contribution in [3.8, 4) is 0 Å². The highest BCUT2D eigenvalue weighted by Crippen LogP contribution is 2.45. The lowest BCUT2D eigenvalue weighted by molar-refractivity contribution is 0.422. The van der Waals surface area contributed by atoms with Crippen molar-refractivity contribution in [2.24, 2.45) is 5.92 Å². The monoisotopic (exact) mass is 201 g/mol. The quantitative estimate of drug-likeness (QED) is 0.693. The Morgan fingerprint density at radius 1 is 1.38 bits per heavy atom. The van der Waals surface area contributed by atoms with Gasteiger partial charge >= 0.3 is 0 Å². The summed E-state index contributed by atoms with van der Waals surface area (Å²) in [4.78, 5) is 0.117. The Morgan fingerprint density at radius 2 is 2.08 bits per heavy atom. The van der Waals surface area contributed by atoms with E-state index < -0.39 is 0 Å². The number of halogens is 1. The summed E-state index contributed by atoms with van der Waals surface area (Å²) in [6.07, 6.45) is 6.48. The molecule has 3 unspecified atom stereocenters. The molecule has 0 bridgehead atoms. The second-order valence-corrected chi connectivity index (χ2v) is 5.79. The molecular formula is C11H20ClN. The minimum Gasteiger partial charge on any atom is -0.310 e. The fourth-order valence-electron chi connectivity index (χ4n) is 2.41. The molecule has 0 heterocycles. The molecule has 0 radical (unpaired) electrons. The highest BCUT2D eigenvalue weighted by atomic mass is 35.5. The molecule has 0 aromatic rings. The molecular weight excluding hydrogens is 182 g/mol. The van der Waals surface area contributed by atoms with E-state index in [2.05, 4.69) is 19.2 Å². The van der Waals surface area contributed by atoms with Crippen molar-refractivity contribution < 1.29 is 0 Å². The van der Waals surface area contributed by atoms with Gasteiger partial charge in [0, 0.05) is 12.1 Å². The average molecular weight is 202 g/mol. The Kier molecular flexibility index (Phi) is 2.59. The largest absolute Gasteiger partial charge is 0.310 e. The second kappa shape index (κ2) is 3.43. The first-order valence-corrected chi connectivity index (χ1v) is 5.93. The standard InChI is InChI=1S/C11H20ClN/c1-8-3-4-10(7-8)13-9(2)11(12)5-6-11/h8-10,13H,3-7H2,1-2H3. The van der Waals surface area contributed by atoms with Gasteiger partial charge in [-0.2, -0.15) is 0 Å². The van der Waals surface area contributed by atoms with Crippen LogP contribution in [0.25, 0.3) is 0 Å². The van der Waals surface area contributed by atoms with Gasteiger partial charge in [-0.25, -0.2) is 0 Å². The van der Waals surface area contributed by atoms with E-state index in [4.69, 9.17) is 11.6 Å². The van der Waals surface area contributed by atoms with Crippen molar-refractivity contribution in [2.45, 2.75) is 62.9 Å². The molecule has 76 valence electrons. The first-order valence-electron chi connectivity index (χ1n) is 5.55. The van der Waals surface area contributed by atoms with Gasteiger partial charge in [0.1, 0.15) is 0 Å². The first-order chi connectivity index (χ1) is 6.10. The van der Waals surface area contributed by atoms with Crippen molar-refractivity contribution in [2.75, 3.05) is 0 Å². The minimum atomic E-state index is 0.117. The lowest BCUT2D eigenvalue weighted by Crippen LogP contribution is -2.41. The Hall–Kier alpha value is 0.250. The highest BCUT2D eigenvalue weighted by molar-refractivity contribution is 6.26. The van der Waals surface area contributed by atoms with Crippen LogP contribution in [0.4, 0.5) is 0 Å². The van der Waals surface area contributed by atoms with Gasteiger partial charge in [0.05, 0.1) is 4.87 Å². The predicted octanol–water partition coefficient (Wildman–Crippen LogP) is 2.92. The van der Waals surface area contributed by atoms with Crippen LogP contribution >= 0.6 is 11.6 Å². The van der Waals surface area contributed by atoms with Crippen LogP contribution in [0.15, 0.2) is 0 Å². The molecule has 0 aliphatic heterocycles. The van der Waals surface area contributed by atoms with Crippen LogP contribution in [0.1, 0.15) is 46.0 Å². The molecule has 2 saturated carbocycles. The Bertz CT molecular complexity index is 189. The summed E-state index contributed by atoms with van der Waals surface area (Å²) >= 11 is 6.35. The second-order valence-electron chi connectivity index (χ2n) is 5.04. The molecule has 3 atom stereocenters. The van der Waals surface area contributed by atoms with Crippen LogP contribution in [0.2, 0.25) is 0 Å². The first kappa shape index (κ1) is 9.79. The van der Waals surface area contributed by atoms with E-state index in [1.807, 2.05) is 0 Å². The van der Waals surface area contributed by atoms with Gasteiger partial charge in [0.2, 0.25) is 0 Å². The van der Waals surface area contributed by atoms with Gasteiger partial charge in [-0.05, 0) is 44.9 Å². The van der Waals surface area contributed by atoms with Crippen LogP contribution in [0, 0.1) is 5.92 Å². The molecule has 1 nitrogen and oxygen atoms in total. The van der Waals surface area contributed by atoms with Crippen LogP contribution in [0.5, 0.6) is 0 Å². The van der Waals surface area contributed by atoms with E-state index in [0.29, 0.717) is 6.04 Å². The van der Waals surface area contributed by atoms with Crippen LogP contribution < -0.4 is 5.32 Å². The van der Waals surface area contributed by atoms with Crippen molar-refractivity contribution in [1.29, 1.82) is 0 Å². The molecule has 1 N–H and O–H groups in total. The molecule has 0 spiro atoms. The molecule has 2 aliphatic carbocycles. The van der Waals surface area contributed by atoms with Crippen molar-refractivity contribution >= 4 is 11.6 Å². The number of alkyl halides is 1. The van der Waals surface area contributed by atoms with E-state index in [9.17, 15) is 0 Å². The van der Waals surface area contributed by atoms with Crippen molar-refractivity contribution in [3.05, 3.63) is 0 Å². The van der Waals surface area contributed by atoms with Gasteiger partial charge in [-0.3, -0.25) is 0 Å². The Morgan fingerprint density at radius 3 is 2.54 bits per heavy atom. The van der Waals surface area contributed by atoms with E-state index in [0.717, 1.165) is 12.0 Å². The molecule has 13 heavy (non-hydrogen) atoms. The molecule has 2 fully saturated rings. The maximum Gasteiger partial charge on any atom is 0.0598 e. The lowest BCUT2D eigenvalue weighted by Gasteiger charge is -2.23. The van der Waals surface area contributed by atoms with Crippen LogP contribution in [-0.4, -0.2) is 17.0 Å². The smallest absolute Gasteiger partial charge is 0.0598 e. The molecule has 2 aliphatic rings. The van der Waals surface area contributed by atoms with Gasteiger partial charge in [0.25, 0.3) is 0 Å². The molecule has 2 rings (SSSR count). The van der Waals surface area contributed by atoms with Crippen molar-refractivity contribution in [1.82, 2.24) is 5.32 Å².